The Morgan fingerprint density at radius 3 is 3.00 bits per heavy atom. The molecule has 6 nitrogen and oxygen atoms in total. The maximum Gasteiger partial charge on any atom is 0.228 e. The molecule has 138 valence electrons. The first kappa shape index (κ1) is 17.5. The van der Waals surface area contributed by atoms with Crippen molar-refractivity contribution < 1.29 is 9.59 Å². The van der Waals surface area contributed by atoms with E-state index < -0.39 is 0 Å². The lowest BCUT2D eigenvalue weighted by Gasteiger charge is -2.06. The Morgan fingerprint density at radius 1 is 1.33 bits per heavy atom. The number of nitrogens with zero attached hydrogens (tertiary/aromatic N) is 2. The molecule has 2 amide bonds. The summed E-state index contributed by atoms with van der Waals surface area (Å²) in [6.45, 7) is 0. The van der Waals surface area contributed by atoms with Crippen LogP contribution < -0.4 is 10.6 Å². The number of aromatic nitrogens is 2. The molecule has 7 heteroatoms. The number of fused-ring (bicyclic) bond motifs is 2. The zero-order valence-electron chi connectivity index (χ0n) is 14.9. The van der Waals surface area contributed by atoms with Crippen LogP contribution in [0.3, 0.4) is 0 Å². The van der Waals surface area contributed by atoms with Crippen LogP contribution in [0.1, 0.15) is 24.0 Å². The molecule has 0 fully saturated rings. The van der Waals surface area contributed by atoms with Crippen molar-refractivity contribution in [3.63, 3.8) is 0 Å². The summed E-state index contributed by atoms with van der Waals surface area (Å²) in [6.07, 6.45) is 2.32. The summed E-state index contributed by atoms with van der Waals surface area (Å²) in [5.74, 6) is 0.442. The van der Waals surface area contributed by atoms with Gasteiger partial charge in [-0.15, -0.1) is 0 Å². The molecule has 2 N–H and O–H groups in total. The summed E-state index contributed by atoms with van der Waals surface area (Å²) >= 11 is 6.17. The summed E-state index contributed by atoms with van der Waals surface area (Å²) in [6, 6.07) is 11.5. The quantitative estimate of drug-likeness (QED) is 0.706. The summed E-state index contributed by atoms with van der Waals surface area (Å²) in [5, 5.41) is 6.25. The minimum Gasteiger partial charge on any atom is -0.326 e. The highest BCUT2D eigenvalue weighted by Gasteiger charge is 2.17. The average molecular weight is 383 g/mol. The zero-order valence-corrected chi connectivity index (χ0v) is 15.6. The maximum atomic E-state index is 12.3. The molecule has 2 heterocycles. The largest absolute Gasteiger partial charge is 0.326 e. The van der Waals surface area contributed by atoms with Gasteiger partial charge in [0.1, 0.15) is 5.52 Å². The number of imidazole rings is 1. The van der Waals surface area contributed by atoms with Crippen molar-refractivity contribution in [3.05, 3.63) is 52.5 Å². The maximum absolute atomic E-state index is 12.3. The van der Waals surface area contributed by atoms with Crippen LogP contribution in [-0.4, -0.2) is 21.4 Å². The number of nitrogens with one attached hydrogen (secondary N) is 2. The first-order valence-corrected chi connectivity index (χ1v) is 9.21. The van der Waals surface area contributed by atoms with Crippen molar-refractivity contribution in [2.24, 2.45) is 7.05 Å². The smallest absolute Gasteiger partial charge is 0.228 e. The van der Waals surface area contributed by atoms with Crippen LogP contribution >= 0.6 is 11.6 Å². The number of anilines is 2. The Kier molecular flexibility index (Phi) is 4.58. The second-order valence-corrected chi connectivity index (χ2v) is 7.13. The average Bonchev–Trinajstić information content (AvgIpc) is 3.15. The molecule has 0 aliphatic carbocycles. The molecule has 0 atom stereocenters. The highest BCUT2D eigenvalue weighted by Crippen LogP contribution is 2.26. The molecule has 0 spiro atoms. The van der Waals surface area contributed by atoms with Gasteiger partial charge in [-0.05, 0) is 42.2 Å². The lowest BCUT2D eigenvalue weighted by molar-refractivity contribution is -0.116. The number of para-hydroxylation sites is 1. The minimum absolute atomic E-state index is 0.0316. The Bertz CT molecular complexity index is 1060. The van der Waals surface area contributed by atoms with Gasteiger partial charge < -0.3 is 9.88 Å². The molecule has 1 aliphatic heterocycles. The fourth-order valence-electron chi connectivity index (χ4n) is 3.37. The van der Waals surface area contributed by atoms with E-state index >= 15 is 0 Å². The number of carbonyl (C=O) groups excluding carboxylic acids is 2. The fraction of sp³-hybridized carbons (Fsp3) is 0.250. The van der Waals surface area contributed by atoms with Gasteiger partial charge in [0.05, 0.1) is 17.0 Å². The van der Waals surface area contributed by atoms with E-state index in [1.807, 2.05) is 41.9 Å². The lowest BCUT2D eigenvalue weighted by atomic mass is 10.0. The van der Waals surface area contributed by atoms with Gasteiger partial charge in [0.15, 0.2) is 0 Å². The molecule has 3 aromatic rings. The number of carbonyl (C=O) groups is 2. The highest BCUT2D eigenvalue weighted by molar-refractivity contribution is 6.35. The zero-order chi connectivity index (χ0) is 19.0. The summed E-state index contributed by atoms with van der Waals surface area (Å²) < 4.78 is 1.82. The molecular formula is C20H19ClN4O2. The van der Waals surface area contributed by atoms with E-state index in [2.05, 4.69) is 15.6 Å². The highest BCUT2D eigenvalue weighted by atomic mass is 35.5. The van der Waals surface area contributed by atoms with Crippen LogP contribution in [0.5, 0.6) is 0 Å². The van der Waals surface area contributed by atoms with Crippen LogP contribution in [-0.2, 0) is 29.5 Å². The van der Waals surface area contributed by atoms with Crippen molar-refractivity contribution in [2.45, 2.75) is 25.7 Å². The second-order valence-electron chi connectivity index (χ2n) is 6.72. The number of amides is 2. The van der Waals surface area contributed by atoms with Gasteiger partial charge in [-0.2, -0.15) is 0 Å². The third-order valence-corrected chi connectivity index (χ3v) is 5.08. The molecule has 2 aromatic carbocycles. The van der Waals surface area contributed by atoms with E-state index in [0.717, 1.165) is 35.2 Å². The van der Waals surface area contributed by atoms with E-state index in [0.29, 0.717) is 29.3 Å². The number of hydrogen-bond acceptors (Lipinski definition) is 3. The topological polar surface area (TPSA) is 76.0 Å². The number of rotatable bonds is 5. The van der Waals surface area contributed by atoms with Crippen LogP contribution in [0.2, 0.25) is 5.02 Å². The van der Waals surface area contributed by atoms with E-state index in [1.54, 1.807) is 6.07 Å². The van der Waals surface area contributed by atoms with Gasteiger partial charge >= 0.3 is 0 Å². The van der Waals surface area contributed by atoms with Crippen molar-refractivity contribution in [2.75, 3.05) is 10.6 Å². The normalized spacial score (nSPS) is 12.9. The lowest BCUT2D eigenvalue weighted by Crippen LogP contribution is -2.14. The third kappa shape index (κ3) is 3.53. The number of hydrogen-bond donors (Lipinski definition) is 2. The van der Waals surface area contributed by atoms with Gasteiger partial charge in [-0.25, -0.2) is 4.98 Å². The number of aryl methyl sites for hydroxylation is 2. The Morgan fingerprint density at radius 2 is 2.19 bits per heavy atom. The molecule has 0 unspecified atom stereocenters. The predicted molar refractivity (Wildman–Crippen MR) is 106 cm³/mol. The monoisotopic (exact) mass is 382 g/mol. The molecule has 4 rings (SSSR count). The Hall–Kier alpha value is -2.86. The van der Waals surface area contributed by atoms with Crippen molar-refractivity contribution in [1.29, 1.82) is 0 Å². The Labute approximate surface area is 161 Å². The molecule has 0 saturated heterocycles. The van der Waals surface area contributed by atoms with Gasteiger partial charge in [0.2, 0.25) is 17.8 Å². The van der Waals surface area contributed by atoms with Crippen LogP contribution in [0, 0.1) is 0 Å². The van der Waals surface area contributed by atoms with E-state index in [-0.39, 0.29) is 11.8 Å². The Balaban J connectivity index is 1.35. The molecule has 27 heavy (non-hydrogen) atoms. The third-order valence-electron chi connectivity index (χ3n) is 4.78. The first-order chi connectivity index (χ1) is 13.0. The van der Waals surface area contributed by atoms with Crippen molar-refractivity contribution >= 4 is 46.1 Å². The van der Waals surface area contributed by atoms with Crippen molar-refractivity contribution in [3.8, 4) is 0 Å². The van der Waals surface area contributed by atoms with E-state index in [4.69, 9.17) is 11.6 Å². The van der Waals surface area contributed by atoms with Gasteiger partial charge in [0, 0.05) is 19.2 Å². The summed E-state index contributed by atoms with van der Waals surface area (Å²) in [7, 11) is 1.85. The SMILES string of the molecule is Cn1c(NC(=O)CCCc2ccc3c(c2)CC(=O)N3)nc2c(Cl)cccc21. The fourth-order valence-corrected chi connectivity index (χ4v) is 3.58. The minimum atomic E-state index is -0.0810. The molecule has 0 radical (unpaired) electrons. The summed E-state index contributed by atoms with van der Waals surface area (Å²) in [4.78, 5) is 28.1. The van der Waals surface area contributed by atoms with Crippen molar-refractivity contribution in [1.82, 2.24) is 9.55 Å². The molecule has 1 aromatic heterocycles. The second kappa shape index (κ2) is 7.04. The van der Waals surface area contributed by atoms with Crippen LogP contribution in [0.25, 0.3) is 11.0 Å². The van der Waals surface area contributed by atoms with E-state index in [1.165, 1.54) is 0 Å². The molecule has 0 saturated carbocycles. The molecule has 0 bridgehead atoms. The number of halogens is 1. The van der Waals surface area contributed by atoms with Gasteiger partial charge in [-0.3, -0.25) is 14.9 Å². The number of benzene rings is 2. The van der Waals surface area contributed by atoms with Crippen LogP contribution in [0.15, 0.2) is 36.4 Å². The van der Waals surface area contributed by atoms with E-state index in [9.17, 15) is 9.59 Å². The van der Waals surface area contributed by atoms with Crippen LogP contribution in [0.4, 0.5) is 11.6 Å². The van der Waals surface area contributed by atoms with Gasteiger partial charge in [-0.1, -0.05) is 29.8 Å². The van der Waals surface area contributed by atoms with Gasteiger partial charge in [0.25, 0.3) is 0 Å². The summed E-state index contributed by atoms with van der Waals surface area (Å²) in [5.41, 5.74) is 4.60. The standard InChI is InChI=1S/C20H19ClN4O2/c1-25-16-6-3-5-14(21)19(16)24-20(25)23-17(26)7-2-4-12-8-9-15-13(10-12)11-18(27)22-15/h3,5-6,8-10H,2,4,7,11H2,1H3,(H,22,27)(H,23,24,26). The predicted octanol–water partition coefficient (Wildman–Crippen LogP) is 3.68. The molecular weight excluding hydrogens is 364 g/mol. The first-order valence-electron chi connectivity index (χ1n) is 8.84. The molecule has 1 aliphatic rings.